The molecular formula is C12H21N3O4S. The third-order valence-corrected chi connectivity index (χ3v) is 5.07. The van der Waals surface area contributed by atoms with Crippen molar-refractivity contribution >= 4 is 10.0 Å². The molecule has 0 saturated carbocycles. The third-order valence-electron chi connectivity index (χ3n) is 3.80. The molecule has 114 valence electrons. The predicted octanol–water partition coefficient (Wildman–Crippen LogP) is 0.0296. The number of sulfonamides is 1. The van der Waals surface area contributed by atoms with Crippen LogP contribution in [0.5, 0.6) is 0 Å². The van der Waals surface area contributed by atoms with Gasteiger partial charge in [-0.2, -0.15) is 0 Å². The topological polar surface area (TPSA) is 93.5 Å². The number of ether oxygens (including phenoxy) is 1. The summed E-state index contributed by atoms with van der Waals surface area (Å²) in [5.74, 6) is 0.643. The normalized spacial score (nSPS) is 27.1. The van der Waals surface area contributed by atoms with Crippen molar-refractivity contribution in [2.75, 3.05) is 13.2 Å². The fourth-order valence-electron chi connectivity index (χ4n) is 2.23. The van der Waals surface area contributed by atoms with Gasteiger partial charge in [-0.1, -0.05) is 0 Å². The highest BCUT2D eigenvalue weighted by molar-refractivity contribution is 7.89. The van der Waals surface area contributed by atoms with Crippen molar-refractivity contribution < 1.29 is 18.3 Å². The van der Waals surface area contributed by atoms with Crippen molar-refractivity contribution in [3.63, 3.8) is 0 Å². The number of nitrogens with zero attached hydrogens (tertiary/aromatic N) is 2. The second-order valence-corrected chi connectivity index (χ2v) is 6.82. The lowest BCUT2D eigenvalue weighted by Crippen LogP contribution is -2.47. The summed E-state index contributed by atoms with van der Waals surface area (Å²) in [5.41, 5.74) is -1.16. The molecule has 0 bridgehead atoms. The van der Waals surface area contributed by atoms with Crippen LogP contribution >= 0.6 is 0 Å². The van der Waals surface area contributed by atoms with Gasteiger partial charge in [0.05, 0.1) is 6.10 Å². The molecule has 2 heterocycles. The largest absolute Gasteiger partial charge is 0.386 e. The Kier molecular flexibility index (Phi) is 4.19. The Hall–Kier alpha value is -0.960. The molecule has 1 aliphatic heterocycles. The van der Waals surface area contributed by atoms with E-state index in [1.165, 1.54) is 6.20 Å². The van der Waals surface area contributed by atoms with Gasteiger partial charge in [0.2, 0.25) is 0 Å². The van der Waals surface area contributed by atoms with Crippen molar-refractivity contribution in [2.45, 2.75) is 50.5 Å². The van der Waals surface area contributed by atoms with Gasteiger partial charge in [0, 0.05) is 32.3 Å². The molecule has 1 aliphatic rings. The summed E-state index contributed by atoms with van der Waals surface area (Å²) in [6.45, 7) is 6.42. The van der Waals surface area contributed by atoms with E-state index in [2.05, 4.69) is 9.71 Å². The second kappa shape index (κ2) is 5.44. The molecule has 1 aromatic heterocycles. The van der Waals surface area contributed by atoms with Gasteiger partial charge in [-0.05, 0) is 20.8 Å². The zero-order valence-electron chi connectivity index (χ0n) is 12.0. The zero-order valence-corrected chi connectivity index (χ0v) is 12.8. The van der Waals surface area contributed by atoms with Crippen LogP contribution in [0.3, 0.4) is 0 Å². The molecule has 1 fully saturated rings. The molecule has 2 N–H and O–H groups in total. The minimum Gasteiger partial charge on any atom is -0.386 e. The van der Waals surface area contributed by atoms with Crippen LogP contribution in [0.4, 0.5) is 0 Å². The Balaban J connectivity index is 2.11. The smallest absolute Gasteiger partial charge is 0.259 e. The van der Waals surface area contributed by atoms with Crippen molar-refractivity contribution in [1.82, 2.24) is 14.3 Å². The van der Waals surface area contributed by atoms with E-state index < -0.39 is 15.6 Å². The minimum absolute atomic E-state index is 0.0213. The molecule has 1 saturated heterocycles. The Morgan fingerprint density at radius 3 is 2.85 bits per heavy atom. The predicted molar refractivity (Wildman–Crippen MR) is 72.8 cm³/mol. The van der Waals surface area contributed by atoms with E-state index in [1.54, 1.807) is 18.4 Å². The quantitative estimate of drug-likeness (QED) is 0.800. The Morgan fingerprint density at radius 2 is 2.35 bits per heavy atom. The SMILES string of the molecule is CCn1cc(S(=O)(=O)NCC2(O)CCOC2C)nc1C. The van der Waals surface area contributed by atoms with E-state index in [9.17, 15) is 13.5 Å². The average molecular weight is 303 g/mol. The summed E-state index contributed by atoms with van der Waals surface area (Å²) in [4.78, 5) is 4.04. The maximum absolute atomic E-state index is 12.2. The maximum Gasteiger partial charge on any atom is 0.259 e. The van der Waals surface area contributed by atoms with Crippen LogP contribution in [0, 0.1) is 6.92 Å². The number of nitrogens with one attached hydrogen (secondary N) is 1. The molecule has 0 aromatic carbocycles. The molecule has 2 atom stereocenters. The van der Waals surface area contributed by atoms with E-state index >= 15 is 0 Å². The fourth-order valence-corrected chi connectivity index (χ4v) is 3.33. The maximum atomic E-state index is 12.2. The van der Waals surface area contributed by atoms with Crippen LogP contribution in [0.1, 0.15) is 26.1 Å². The number of hydrogen-bond acceptors (Lipinski definition) is 5. The molecular weight excluding hydrogens is 282 g/mol. The molecule has 0 spiro atoms. The van der Waals surface area contributed by atoms with Crippen molar-refractivity contribution in [2.24, 2.45) is 0 Å². The van der Waals surface area contributed by atoms with Crippen LogP contribution in [0.25, 0.3) is 0 Å². The Labute approximate surface area is 119 Å². The van der Waals surface area contributed by atoms with Crippen LogP contribution in [0.15, 0.2) is 11.2 Å². The molecule has 7 nitrogen and oxygen atoms in total. The van der Waals surface area contributed by atoms with Crippen molar-refractivity contribution in [3.8, 4) is 0 Å². The van der Waals surface area contributed by atoms with Crippen LogP contribution < -0.4 is 4.72 Å². The number of aliphatic hydroxyl groups is 1. The first-order chi connectivity index (χ1) is 9.28. The van der Waals surface area contributed by atoms with Gasteiger partial charge in [-0.25, -0.2) is 18.1 Å². The first kappa shape index (κ1) is 15.4. The molecule has 8 heteroatoms. The lowest BCUT2D eigenvalue weighted by molar-refractivity contribution is -0.0228. The summed E-state index contributed by atoms with van der Waals surface area (Å²) >= 11 is 0. The third kappa shape index (κ3) is 2.88. The number of hydrogen-bond donors (Lipinski definition) is 2. The minimum atomic E-state index is -3.72. The van der Waals surface area contributed by atoms with Gasteiger partial charge in [-0.3, -0.25) is 0 Å². The molecule has 0 aliphatic carbocycles. The van der Waals surface area contributed by atoms with Gasteiger partial charge >= 0.3 is 0 Å². The summed E-state index contributed by atoms with van der Waals surface area (Å²) in [6.07, 6.45) is 1.52. The molecule has 2 rings (SSSR count). The molecule has 1 aromatic rings. The highest BCUT2D eigenvalue weighted by Gasteiger charge is 2.40. The summed E-state index contributed by atoms with van der Waals surface area (Å²) in [7, 11) is -3.72. The van der Waals surface area contributed by atoms with Gasteiger partial charge in [0.1, 0.15) is 11.4 Å². The van der Waals surface area contributed by atoms with Gasteiger partial charge in [0.25, 0.3) is 10.0 Å². The standard InChI is InChI=1S/C12H21N3O4S/c1-4-15-7-11(14-10(15)3)20(17,18)13-8-12(16)5-6-19-9(12)2/h7,9,13,16H,4-6,8H2,1-3H3. The Bertz CT molecular complexity index is 584. The van der Waals surface area contributed by atoms with Gasteiger partial charge < -0.3 is 14.4 Å². The number of aryl methyl sites for hydroxylation is 2. The monoisotopic (exact) mass is 303 g/mol. The van der Waals surface area contributed by atoms with E-state index in [-0.39, 0.29) is 17.7 Å². The molecule has 2 unspecified atom stereocenters. The first-order valence-electron chi connectivity index (χ1n) is 6.66. The van der Waals surface area contributed by atoms with Crippen LogP contribution in [-0.4, -0.2) is 47.9 Å². The number of rotatable bonds is 5. The zero-order chi connectivity index (χ0) is 15.0. The first-order valence-corrected chi connectivity index (χ1v) is 8.14. The molecule has 0 radical (unpaired) electrons. The number of imidazole rings is 1. The lowest BCUT2D eigenvalue weighted by atomic mass is 9.97. The summed E-state index contributed by atoms with van der Waals surface area (Å²) < 4.78 is 33.8. The van der Waals surface area contributed by atoms with Crippen LogP contribution in [0.2, 0.25) is 0 Å². The highest BCUT2D eigenvalue weighted by atomic mass is 32.2. The van der Waals surface area contributed by atoms with Gasteiger partial charge in [0.15, 0.2) is 5.03 Å². The fraction of sp³-hybridized carbons (Fsp3) is 0.750. The van der Waals surface area contributed by atoms with E-state index in [1.807, 2.05) is 6.92 Å². The molecule has 0 amide bonds. The molecule has 20 heavy (non-hydrogen) atoms. The average Bonchev–Trinajstić information content (AvgIpc) is 2.92. The highest BCUT2D eigenvalue weighted by Crippen LogP contribution is 2.25. The van der Waals surface area contributed by atoms with Crippen molar-refractivity contribution in [1.29, 1.82) is 0 Å². The number of aromatic nitrogens is 2. The van der Waals surface area contributed by atoms with Crippen molar-refractivity contribution in [3.05, 3.63) is 12.0 Å². The van der Waals surface area contributed by atoms with Crippen LogP contribution in [-0.2, 0) is 21.3 Å². The van der Waals surface area contributed by atoms with E-state index in [0.29, 0.717) is 25.4 Å². The second-order valence-electron chi connectivity index (χ2n) is 5.10. The summed E-state index contributed by atoms with van der Waals surface area (Å²) in [6, 6.07) is 0. The van der Waals surface area contributed by atoms with E-state index in [4.69, 9.17) is 4.74 Å². The Morgan fingerprint density at radius 1 is 1.65 bits per heavy atom. The van der Waals surface area contributed by atoms with Gasteiger partial charge in [-0.15, -0.1) is 0 Å². The lowest BCUT2D eigenvalue weighted by Gasteiger charge is -2.25. The van der Waals surface area contributed by atoms with E-state index in [0.717, 1.165) is 0 Å². The summed E-state index contributed by atoms with van der Waals surface area (Å²) in [5, 5.41) is 10.3.